The molecule has 1 amide bonds. The lowest BCUT2D eigenvalue weighted by Gasteiger charge is -2.16. The highest BCUT2D eigenvalue weighted by Gasteiger charge is 2.16. The fraction of sp³-hybridized carbons (Fsp3) is 0.533. The van der Waals surface area contributed by atoms with Crippen molar-refractivity contribution in [1.82, 2.24) is 19.9 Å². The van der Waals surface area contributed by atoms with Crippen LogP contribution < -0.4 is 5.32 Å². The molecule has 2 rings (SSSR count). The summed E-state index contributed by atoms with van der Waals surface area (Å²) in [5, 5.41) is 2.64. The summed E-state index contributed by atoms with van der Waals surface area (Å²) < 4.78 is 7.36. The van der Waals surface area contributed by atoms with Gasteiger partial charge in [-0.25, -0.2) is 9.97 Å². The van der Waals surface area contributed by atoms with E-state index < -0.39 is 0 Å². The maximum atomic E-state index is 11.3. The van der Waals surface area contributed by atoms with Crippen LogP contribution in [0.15, 0.2) is 18.3 Å². The molecule has 0 spiro atoms. The third-order valence-corrected chi connectivity index (χ3v) is 3.45. The second-order valence-corrected chi connectivity index (χ2v) is 5.08. The van der Waals surface area contributed by atoms with E-state index in [9.17, 15) is 4.79 Å². The summed E-state index contributed by atoms with van der Waals surface area (Å²) in [7, 11) is 3.34. The van der Waals surface area contributed by atoms with E-state index >= 15 is 0 Å². The van der Waals surface area contributed by atoms with Crippen LogP contribution in [-0.4, -0.2) is 41.2 Å². The van der Waals surface area contributed by atoms with Crippen molar-refractivity contribution in [3.05, 3.63) is 24.2 Å². The molecule has 0 radical (unpaired) electrons. The number of hydrogen-bond donors (Lipinski definition) is 1. The van der Waals surface area contributed by atoms with E-state index in [0.29, 0.717) is 13.0 Å². The zero-order valence-corrected chi connectivity index (χ0v) is 12.8. The SMILES string of the molecule is CNC(=O)CCCc1nc2cccnc2n1[C@@H](C)COC. The quantitative estimate of drug-likeness (QED) is 0.843. The van der Waals surface area contributed by atoms with E-state index in [-0.39, 0.29) is 11.9 Å². The van der Waals surface area contributed by atoms with Crippen LogP contribution in [0.5, 0.6) is 0 Å². The van der Waals surface area contributed by atoms with Gasteiger partial charge < -0.3 is 14.6 Å². The van der Waals surface area contributed by atoms with Gasteiger partial charge >= 0.3 is 0 Å². The van der Waals surface area contributed by atoms with Crippen LogP contribution in [0.1, 0.15) is 31.6 Å². The molecule has 0 aromatic carbocycles. The van der Waals surface area contributed by atoms with Crippen molar-refractivity contribution in [2.45, 2.75) is 32.2 Å². The summed E-state index contributed by atoms with van der Waals surface area (Å²) in [4.78, 5) is 20.4. The molecule has 2 aromatic heterocycles. The maximum Gasteiger partial charge on any atom is 0.219 e. The monoisotopic (exact) mass is 290 g/mol. The second-order valence-electron chi connectivity index (χ2n) is 5.08. The van der Waals surface area contributed by atoms with Gasteiger partial charge in [-0.15, -0.1) is 0 Å². The number of pyridine rings is 1. The molecule has 1 atom stereocenters. The lowest BCUT2D eigenvalue weighted by molar-refractivity contribution is -0.120. The van der Waals surface area contributed by atoms with E-state index in [1.165, 1.54) is 0 Å². The first kappa shape index (κ1) is 15.4. The lowest BCUT2D eigenvalue weighted by atomic mass is 10.2. The average molecular weight is 290 g/mol. The maximum absolute atomic E-state index is 11.3. The van der Waals surface area contributed by atoms with Crippen LogP contribution in [0, 0.1) is 0 Å². The number of aryl methyl sites for hydroxylation is 1. The van der Waals surface area contributed by atoms with Gasteiger partial charge in [0.15, 0.2) is 5.65 Å². The van der Waals surface area contributed by atoms with Gasteiger partial charge in [-0.1, -0.05) is 0 Å². The number of imidazole rings is 1. The zero-order valence-electron chi connectivity index (χ0n) is 12.8. The van der Waals surface area contributed by atoms with E-state index in [1.54, 1.807) is 20.4 Å². The van der Waals surface area contributed by atoms with Crippen LogP contribution in [0.25, 0.3) is 11.2 Å². The van der Waals surface area contributed by atoms with Crippen molar-refractivity contribution < 1.29 is 9.53 Å². The van der Waals surface area contributed by atoms with Crippen molar-refractivity contribution in [2.75, 3.05) is 20.8 Å². The number of methoxy groups -OCH3 is 1. The first-order chi connectivity index (χ1) is 10.2. The normalized spacial score (nSPS) is 12.5. The van der Waals surface area contributed by atoms with E-state index in [0.717, 1.165) is 29.8 Å². The Balaban J connectivity index is 2.24. The number of carbonyl (C=O) groups is 1. The highest BCUT2D eigenvalue weighted by atomic mass is 16.5. The van der Waals surface area contributed by atoms with Gasteiger partial charge in [0.2, 0.25) is 5.91 Å². The Kier molecular flexibility index (Phi) is 5.27. The third-order valence-electron chi connectivity index (χ3n) is 3.45. The number of hydrogen-bond acceptors (Lipinski definition) is 4. The minimum atomic E-state index is 0.0562. The minimum Gasteiger partial charge on any atom is -0.383 e. The number of nitrogens with one attached hydrogen (secondary N) is 1. The molecular formula is C15H22N4O2. The molecule has 0 saturated carbocycles. The van der Waals surface area contributed by atoms with Gasteiger partial charge in [0.25, 0.3) is 0 Å². The van der Waals surface area contributed by atoms with Crippen molar-refractivity contribution in [3.63, 3.8) is 0 Å². The third kappa shape index (κ3) is 3.58. The molecule has 0 unspecified atom stereocenters. The number of fused-ring (bicyclic) bond motifs is 1. The highest BCUT2D eigenvalue weighted by Crippen LogP contribution is 2.20. The van der Waals surface area contributed by atoms with Gasteiger partial charge in [0, 0.05) is 33.2 Å². The van der Waals surface area contributed by atoms with E-state index in [1.807, 2.05) is 12.1 Å². The Hall–Kier alpha value is -1.95. The molecule has 0 bridgehead atoms. The zero-order chi connectivity index (χ0) is 15.2. The standard InChI is InChI=1S/C15H22N4O2/c1-11(10-21-3)19-13(7-4-8-14(20)16-2)18-12-6-5-9-17-15(12)19/h5-6,9,11H,4,7-8,10H2,1-3H3,(H,16,20)/t11-/m0/s1. The summed E-state index contributed by atoms with van der Waals surface area (Å²) >= 11 is 0. The van der Waals surface area contributed by atoms with E-state index in [2.05, 4.69) is 26.8 Å². The molecule has 21 heavy (non-hydrogen) atoms. The Bertz CT molecular complexity index is 609. The Labute approximate surface area is 124 Å². The van der Waals surface area contributed by atoms with Crippen LogP contribution in [0.2, 0.25) is 0 Å². The summed E-state index contributed by atoms with van der Waals surface area (Å²) in [6, 6.07) is 4.00. The first-order valence-electron chi connectivity index (χ1n) is 7.18. The van der Waals surface area contributed by atoms with Crippen molar-refractivity contribution in [1.29, 1.82) is 0 Å². The Morgan fingerprint density at radius 3 is 3.05 bits per heavy atom. The second kappa shape index (κ2) is 7.17. The number of nitrogens with zero attached hydrogens (tertiary/aromatic N) is 3. The van der Waals surface area contributed by atoms with Gasteiger partial charge in [0.1, 0.15) is 11.3 Å². The molecule has 6 nitrogen and oxygen atoms in total. The summed E-state index contributed by atoms with van der Waals surface area (Å²) in [6.45, 7) is 2.69. The molecule has 2 heterocycles. The highest BCUT2D eigenvalue weighted by molar-refractivity contribution is 5.75. The fourth-order valence-corrected chi connectivity index (χ4v) is 2.46. The van der Waals surface area contributed by atoms with Crippen molar-refractivity contribution >= 4 is 17.1 Å². The van der Waals surface area contributed by atoms with Crippen LogP contribution >= 0.6 is 0 Å². The number of carbonyl (C=O) groups excluding carboxylic acids is 1. The van der Waals surface area contributed by atoms with E-state index in [4.69, 9.17) is 4.74 Å². The molecule has 0 aliphatic heterocycles. The molecule has 0 fully saturated rings. The molecule has 6 heteroatoms. The van der Waals surface area contributed by atoms with Gasteiger partial charge in [-0.05, 0) is 25.5 Å². The molecule has 2 aromatic rings. The lowest BCUT2D eigenvalue weighted by Crippen LogP contribution is -2.18. The number of ether oxygens (including phenoxy) is 1. The number of rotatable bonds is 7. The summed E-state index contributed by atoms with van der Waals surface area (Å²) in [5.74, 6) is 1.01. The summed E-state index contributed by atoms with van der Waals surface area (Å²) in [5.41, 5.74) is 1.76. The van der Waals surface area contributed by atoms with Gasteiger partial charge in [0.05, 0.1) is 12.6 Å². The van der Waals surface area contributed by atoms with Gasteiger partial charge in [-0.3, -0.25) is 4.79 Å². The van der Waals surface area contributed by atoms with Crippen LogP contribution in [-0.2, 0) is 16.0 Å². The van der Waals surface area contributed by atoms with Crippen molar-refractivity contribution in [3.8, 4) is 0 Å². The topological polar surface area (TPSA) is 69.0 Å². The molecule has 114 valence electrons. The predicted molar refractivity (Wildman–Crippen MR) is 81.1 cm³/mol. The molecule has 1 N–H and O–H groups in total. The summed E-state index contributed by atoms with van der Waals surface area (Å²) in [6.07, 6.45) is 3.79. The Morgan fingerprint density at radius 2 is 2.33 bits per heavy atom. The predicted octanol–water partition coefficient (Wildman–Crippen LogP) is 1.71. The van der Waals surface area contributed by atoms with Crippen molar-refractivity contribution in [2.24, 2.45) is 0 Å². The Morgan fingerprint density at radius 1 is 1.52 bits per heavy atom. The minimum absolute atomic E-state index is 0.0562. The average Bonchev–Trinajstić information content (AvgIpc) is 2.85. The first-order valence-corrected chi connectivity index (χ1v) is 7.18. The number of amides is 1. The molecule has 0 saturated heterocycles. The van der Waals surface area contributed by atoms with Crippen LogP contribution in [0.3, 0.4) is 0 Å². The number of aromatic nitrogens is 3. The fourth-order valence-electron chi connectivity index (χ4n) is 2.46. The molecule has 0 aliphatic carbocycles. The smallest absolute Gasteiger partial charge is 0.219 e. The molecule has 0 aliphatic rings. The largest absolute Gasteiger partial charge is 0.383 e. The molecular weight excluding hydrogens is 268 g/mol. The van der Waals surface area contributed by atoms with Crippen LogP contribution in [0.4, 0.5) is 0 Å². The van der Waals surface area contributed by atoms with Gasteiger partial charge in [-0.2, -0.15) is 0 Å².